The van der Waals surface area contributed by atoms with Gasteiger partial charge in [0.25, 0.3) is 0 Å². The van der Waals surface area contributed by atoms with Crippen LogP contribution in [0.1, 0.15) is 29.5 Å². The number of nitrogens with zero attached hydrogens (tertiary/aromatic N) is 1. The van der Waals surface area contributed by atoms with E-state index < -0.39 is 0 Å². The molecule has 1 atom stereocenters. The van der Waals surface area contributed by atoms with Gasteiger partial charge in [0.2, 0.25) is 0 Å². The lowest BCUT2D eigenvalue weighted by Crippen LogP contribution is -2.45. The first-order valence-corrected chi connectivity index (χ1v) is 8.90. The number of hydrogen-bond acceptors (Lipinski definition) is 2. The van der Waals surface area contributed by atoms with Gasteiger partial charge in [-0.2, -0.15) is 0 Å². The van der Waals surface area contributed by atoms with Gasteiger partial charge in [0.05, 0.1) is 12.7 Å². The van der Waals surface area contributed by atoms with Crippen molar-refractivity contribution in [2.45, 2.75) is 39.4 Å². The van der Waals surface area contributed by atoms with Gasteiger partial charge in [-0.25, -0.2) is 4.79 Å². The zero-order chi connectivity index (χ0) is 17.6. The molecule has 1 aliphatic rings. The molecule has 0 bridgehead atoms. The maximum Gasteiger partial charge on any atom is 0.321 e. The van der Waals surface area contributed by atoms with Crippen LogP contribution in [0, 0.1) is 13.8 Å². The SMILES string of the molecule is Cc1ccc(CO[C@H]2CCCN(C(=O)Nc3ccc(C)cc3)C2)cc1. The van der Waals surface area contributed by atoms with Gasteiger partial charge in [0.1, 0.15) is 0 Å². The Kier molecular flexibility index (Phi) is 5.71. The topological polar surface area (TPSA) is 41.6 Å². The average molecular weight is 338 g/mol. The van der Waals surface area contributed by atoms with Crippen molar-refractivity contribution < 1.29 is 9.53 Å². The van der Waals surface area contributed by atoms with Crippen LogP contribution in [0.3, 0.4) is 0 Å². The molecule has 0 unspecified atom stereocenters. The molecule has 0 saturated carbocycles. The van der Waals surface area contributed by atoms with Crippen LogP contribution in [0.25, 0.3) is 0 Å². The number of amides is 2. The monoisotopic (exact) mass is 338 g/mol. The zero-order valence-corrected chi connectivity index (χ0v) is 15.0. The van der Waals surface area contributed by atoms with Crippen LogP contribution in [0.4, 0.5) is 10.5 Å². The minimum Gasteiger partial charge on any atom is -0.372 e. The number of piperidine rings is 1. The Bertz CT molecular complexity index is 695. The van der Waals surface area contributed by atoms with Crippen LogP contribution >= 0.6 is 0 Å². The van der Waals surface area contributed by atoms with Gasteiger partial charge in [-0.3, -0.25) is 0 Å². The molecular formula is C21H26N2O2. The van der Waals surface area contributed by atoms with Crippen molar-refractivity contribution in [3.05, 3.63) is 65.2 Å². The van der Waals surface area contributed by atoms with Crippen molar-refractivity contribution in [3.63, 3.8) is 0 Å². The first kappa shape index (κ1) is 17.5. The second kappa shape index (κ2) is 8.17. The number of ether oxygens (including phenoxy) is 1. The third-order valence-corrected chi connectivity index (χ3v) is 4.57. The van der Waals surface area contributed by atoms with Crippen molar-refractivity contribution in [2.75, 3.05) is 18.4 Å². The number of likely N-dealkylation sites (tertiary alicyclic amines) is 1. The highest BCUT2D eigenvalue weighted by atomic mass is 16.5. The molecular weight excluding hydrogens is 312 g/mol. The fraction of sp³-hybridized carbons (Fsp3) is 0.381. The number of hydrogen-bond donors (Lipinski definition) is 1. The molecule has 25 heavy (non-hydrogen) atoms. The lowest BCUT2D eigenvalue weighted by Gasteiger charge is -2.32. The molecule has 2 amide bonds. The Labute approximate surface area is 149 Å². The molecule has 1 aliphatic heterocycles. The maximum absolute atomic E-state index is 12.5. The molecule has 0 radical (unpaired) electrons. The molecule has 132 valence electrons. The van der Waals surface area contributed by atoms with Crippen LogP contribution in [0.15, 0.2) is 48.5 Å². The Morgan fingerprint density at radius 3 is 2.40 bits per heavy atom. The first-order valence-electron chi connectivity index (χ1n) is 8.90. The highest BCUT2D eigenvalue weighted by Gasteiger charge is 2.24. The smallest absolute Gasteiger partial charge is 0.321 e. The number of carbonyl (C=O) groups is 1. The van der Waals surface area contributed by atoms with Crippen LogP contribution in [-0.4, -0.2) is 30.1 Å². The quantitative estimate of drug-likeness (QED) is 0.891. The van der Waals surface area contributed by atoms with E-state index in [0.29, 0.717) is 13.2 Å². The van der Waals surface area contributed by atoms with E-state index in [2.05, 4.69) is 36.5 Å². The molecule has 1 N–H and O–H groups in total. The number of nitrogens with one attached hydrogen (secondary N) is 1. The van der Waals surface area contributed by atoms with Gasteiger partial charge in [-0.05, 0) is 44.4 Å². The second-order valence-electron chi connectivity index (χ2n) is 6.80. The van der Waals surface area contributed by atoms with Crippen LogP contribution in [-0.2, 0) is 11.3 Å². The molecule has 4 heteroatoms. The molecule has 0 spiro atoms. The minimum absolute atomic E-state index is 0.0486. The number of aryl methyl sites for hydroxylation is 2. The fourth-order valence-corrected chi connectivity index (χ4v) is 3.00. The van der Waals surface area contributed by atoms with E-state index in [-0.39, 0.29) is 12.1 Å². The van der Waals surface area contributed by atoms with Gasteiger partial charge in [-0.1, -0.05) is 47.5 Å². The highest BCUT2D eigenvalue weighted by Crippen LogP contribution is 2.17. The summed E-state index contributed by atoms with van der Waals surface area (Å²) in [6.45, 7) is 6.13. The predicted molar refractivity (Wildman–Crippen MR) is 101 cm³/mol. The largest absolute Gasteiger partial charge is 0.372 e. The van der Waals surface area contributed by atoms with Gasteiger partial charge in [-0.15, -0.1) is 0 Å². The predicted octanol–water partition coefficient (Wildman–Crippen LogP) is 4.52. The number of anilines is 1. The maximum atomic E-state index is 12.5. The van der Waals surface area contributed by atoms with E-state index >= 15 is 0 Å². The number of benzene rings is 2. The highest BCUT2D eigenvalue weighted by molar-refractivity contribution is 5.89. The van der Waals surface area contributed by atoms with Crippen molar-refractivity contribution >= 4 is 11.7 Å². The van der Waals surface area contributed by atoms with Crippen molar-refractivity contribution in [3.8, 4) is 0 Å². The summed E-state index contributed by atoms with van der Waals surface area (Å²) in [4.78, 5) is 14.3. The van der Waals surface area contributed by atoms with Crippen LogP contribution in [0.5, 0.6) is 0 Å². The molecule has 3 rings (SSSR count). The number of urea groups is 1. The van der Waals surface area contributed by atoms with Crippen molar-refractivity contribution in [1.29, 1.82) is 0 Å². The van der Waals surface area contributed by atoms with Crippen LogP contribution < -0.4 is 5.32 Å². The summed E-state index contributed by atoms with van der Waals surface area (Å²) in [5.74, 6) is 0. The number of carbonyl (C=O) groups excluding carboxylic acids is 1. The summed E-state index contributed by atoms with van der Waals surface area (Å²) in [7, 11) is 0. The Morgan fingerprint density at radius 2 is 1.72 bits per heavy atom. The van der Waals surface area contributed by atoms with Gasteiger partial charge in [0, 0.05) is 18.8 Å². The van der Waals surface area contributed by atoms with Gasteiger partial charge >= 0.3 is 6.03 Å². The molecule has 1 saturated heterocycles. The molecule has 4 nitrogen and oxygen atoms in total. The summed E-state index contributed by atoms with van der Waals surface area (Å²) in [5, 5.41) is 2.97. The Balaban J connectivity index is 1.50. The molecule has 2 aromatic rings. The Morgan fingerprint density at radius 1 is 1.08 bits per heavy atom. The van der Waals surface area contributed by atoms with E-state index in [1.807, 2.05) is 36.1 Å². The van der Waals surface area contributed by atoms with Crippen molar-refractivity contribution in [2.24, 2.45) is 0 Å². The summed E-state index contributed by atoms with van der Waals surface area (Å²) >= 11 is 0. The number of rotatable bonds is 4. The molecule has 1 heterocycles. The fourth-order valence-electron chi connectivity index (χ4n) is 3.00. The molecule has 1 fully saturated rings. The zero-order valence-electron chi connectivity index (χ0n) is 15.0. The summed E-state index contributed by atoms with van der Waals surface area (Å²) in [6, 6.07) is 16.2. The summed E-state index contributed by atoms with van der Waals surface area (Å²) < 4.78 is 6.03. The molecule has 0 aromatic heterocycles. The molecule has 0 aliphatic carbocycles. The lowest BCUT2D eigenvalue weighted by atomic mass is 10.1. The van der Waals surface area contributed by atoms with E-state index in [1.165, 1.54) is 16.7 Å². The third kappa shape index (κ3) is 5.07. The van der Waals surface area contributed by atoms with E-state index in [9.17, 15) is 4.79 Å². The van der Waals surface area contributed by atoms with Gasteiger partial charge in [0.15, 0.2) is 0 Å². The van der Waals surface area contributed by atoms with Crippen LogP contribution in [0.2, 0.25) is 0 Å². The normalized spacial score (nSPS) is 17.4. The van der Waals surface area contributed by atoms with E-state index in [0.717, 1.165) is 25.1 Å². The Hall–Kier alpha value is -2.33. The third-order valence-electron chi connectivity index (χ3n) is 4.57. The standard InChI is InChI=1S/C21H26N2O2/c1-16-5-9-18(10-6-16)15-25-20-4-3-13-23(14-20)21(24)22-19-11-7-17(2)8-12-19/h5-12,20H,3-4,13-15H2,1-2H3,(H,22,24)/t20-/m0/s1. The van der Waals surface area contributed by atoms with E-state index in [4.69, 9.17) is 4.74 Å². The molecule has 2 aromatic carbocycles. The first-order chi connectivity index (χ1) is 12.1. The summed E-state index contributed by atoms with van der Waals surface area (Å²) in [5.41, 5.74) is 4.44. The minimum atomic E-state index is -0.0486. The van der Waals surface area contributed by atoms with Gasteiger partial charge < -0.3 is 15.0 Å². The van der Waals surface area contributed by atoms with Crippen molar-refractivity contribution in [1.82, 2.24) is 4.90 Å². The van der Waals surface area contributed by atoms with E-state index in [1.54, 1.807) is 0 Å². The lowest BCUT2D eigenvalue weighted by molar-refractivity contribution is 0.00101. The average Bonchev–Trinajstić information content (AvgIpc) is 2.63. The summed E-state index contributed by atoms with van der Waals surface area (Å²) in [6.07, 6.45) is 2.07. The second-order valence-corrected chi connectivity index (χ2v) is 6.80.